The second kappa shape index (κ2) is 3.58. The summed E-state index contributed by atoms with van der Waals surface area (Å²) in [7, 11) is 0. The highest BCUT2D eigenvalue weighted by Crippen LogP contribution is 2.63. The summed E-state index contributed by atoms with van der Waals surface area (Å²) in [6.45, 7) is 3.93. The van der Waals surface area contributed by atoms with Gasteiger partial charge in [0.25, 0.3) is 0 Å². The van der Waals surface area contributed by atoms with E-state index in [4.69, 9.17) is 11.6 Å². The fourth-order valence-corrected chi connectivity index (χ4v) is 3.31. The number of carbonyl (C=O) groups excluding carboxylic acids is 2. The van der Waals surface area contributed by atoms with Crippen molar-refractivity contribution in [3.63, 3.8) is 0 Å². The molecule has 3 rings (SSSR count). The normalized spacial score (nSPS) is 28.6. The number of anilines is 1. The van der Waals surface area contributed by atoms with Crippen LogP contribution < -0.4 is 4.90 Å². The predicted octanol–water partition coefficient (Wildman–Crippen LogP) is 3.25. The molecule has 1 aliphatic heterocycles. The second-order valence-corrected chi connectivity index (χ2v) is 6.65. The summed E-state index contributed by atoms with van der Waals surface area (Å²) in [4.78, 5) is 25.7. The van der Waals surface area contributed by atoms with Crippen LogP contribution in [0.5, 0.6) is 0 Å². The SMILES string of the molecule is CC1(C)C2C(=O)N(c3ccc(Cl)c(Br)c3)C(=O)C21. The van der Waals surface area contributed by atoms with E-state index in [2.05, 4.69) is 15.9 Å². The Hall–Kier alpha value is -0.870. The Bertz CT molecular complexity index is 560. The van der Waals surface area contributed by atoms with Crippen molar-refractivity contribution in [2.45, 2.75) is 13.8 Å². The molecule has 1 aromatic rings. The molecule has 0 aromatic heterocycles. The highest BCUT2D eigenvalue weighted by atomic mass is 79.9. The summed E-state index contributed by atoms with van der Waals surface area (Å²) >= 11 is 9.21. The Labute approximate surface area is 118 Å². The first-order valence-corrected chi connectivity index (χ1v) is 6.85. The Morgan fingerprint density at radius 2 is 1.78 bits per heavy atom. The highest BCUT2D eigenvalue weighted by Gasteiger charge is 2.72. The van der Waals surface area contributed by atoms with E-state index in [9.17, 15) is 9.59 Å². The zero-order valence-corrected chi connectivity index (χ0v) is 12.2. The third-order valence-electron chi connectivity index (χ3n) is 3.96. The van der Waals surface area contributed by atoms with Gasteiger partial charge in [-0.25, -0.2) is 4.90 Å². The number of imide groups is 1. The van der Waals surface area contributed by atoms with Crippen LogP contribution in [0.4, 0.5) is 5.69 Å². The van der Waals surface area contributed by atoms with Crippen LogP contribution in [0.2, 0.25) is 5.02 Å². The first-order chi connectivity index (χ1) is 8.35. The van der Waals surface area contributed by atoms with Gasteiger partial charge < -0.3 is 0 Å². The van der Waals surface area contributed by atoms with Crippen molar-refractivity contribution >= 4 is 45.0 Å². The second-order valence-electron chi connectivity index (χ2n) is 5.39. The summed E-state index contributed by atoms with van der Waals surface area (Å²) < 4.78 is 0.683. The molecule has 2 amide bonds. The number of fused-ring (bicyclic) bond motifs is 1. The lowest BCUT2D eigenvalue weighted by molar-refractivity contribution is -0.125. The van der Waals surface area contributed by atoms with Crippen LogP contribution in [0.1, 0.15) is 13.8 Å². The molecule has 0 bridgehead atoms. The molecule has 0 spiro atoms. The van der Waals surface area contributed by atoms with E-state index >= 15 is 0 Å². The molecule has 0 N–H and O–H groups in total. The average molecular weight is 329 g/mol. The van der Waals surface area contributed by atoms with Crippen molar-refractivity contribution in [1.29, 1.82) is 0 Å². The molecule has 1 heterocycles. The molecule has 3 nitrogen and oxygen atoms in total. The molecule has 2 aliphatic rings. The quantitative estimate of drug-likeness (QED) is 0.742. The smallest absolute Gasteiger partial charge is 0.238 e. The van der Waals surface area contributed by atoms with E-state index in [1.807, 2.05) is 13.8 Å². The zero-order valence-electron chi connectivity index (χ0n) is 9.91. The molecule has 1 aromatic carbocycles. The number of hydrogen-bond acceptors (Lipinski definition) is 2. The van der Waals surface area contributed by atoms with Crippen LogP contribution in [0.3, 0.4) is 0 Å². The van der Waals surface area contributed by atoms with Gasteiger partial charge in [-0.15, -0.1) is 0 Å². The summed E-state index contributed by atoms with van der Waals surface area (Å²) in [5.74, 6) is -0.493. The lowest BCUT2D eigenvalue weighted by Crippen LogP contribution is -2.36. The van der Waals surface area contributed by atoms with Gasteiger partial charge in [0.1, 0.15) is 0 Å². The van der Waals surface area contributed by atoms with Gasteiger partial charge in [0, 0.05) is 4.47 Å². The minimum absolute atomic E-state index is 0.0933. The molecule has 1 saturated heterocycles. The summed E-state index contributed by atoms with van der Waals surface area (Å²) in [6.07, 6.45) is 0. The number of carbonyl (C=O) groups is 2. The molecular weight excluding hydrogens is 318 g/mol. The van der Waals surface area contributed by atoms with Crippen molar-refractivity contribution < 1.29 is 9.59 Å². The van der Waals surface area contributed by atoms with E-state index in [1.54, 1.807) is 18.2 Å². The maximum absolute atomic E-state index is 12.2. The molecule has 1 aliphatic carbocycles. The first-order valence-electron chi connectivity index (χ1n) is 5.68. The van der Waals surface area contributed by atoms with Crippen molar-refractivity contribution in [3.05, 3.63) is 27.7 Å². The largest absolute Gasteiger partial charge is 0.274 e. The van der Waals surface area contributed by atoms with Gasteiger partial charge in [-0.1, -0.05) is 25.4 Å². The van der Waals surface area contributed by atoms with Gasteiger partial charge in [0.15, 0.2) is 0 Å². The molecule has 94 valence electrons. The Morgan fingerprint density at radius 1 is 1.22 bits per heavy atom. The number of halogens is 2. The highest BCUT2D eigenvalue weighted by molar-refractivity contribution is 9.10. The minimum atomic E-state index is -0.172. The van der Waals surface area contributed by atoms with Gasteiger partial charge in [-0.2, -0.15) is 0 Å². The van der Waals surface area contributed by atoms with Crippen LogP contribution in [0.15, 0.2) is 22.7 Å². The van der Waals surface area contributed by atoms with Crippen molar-refractivity contribution in [2.75, 3.05) is 4.90 Å². The molecule has 2 atom stereocenters. The average Bonchev–Trinajstić information content (AvgIpc) is 2.74. The zero-order chi connectivity index (χ0) is 13.2. The first kappa shape index (κ1) is 12.2. The van der Waals surface area contributed by atoms with Crippen LogP contribution >= 0.6 is 27.5 Å². The number of benzene rings is 1. The van der Waals surface area contributed by atoms with Crippen LogP contribution in [-0.2, 0) is 9.59 Å². The van der Waals surface area contributed by atoms with Crippen molar-refractivity contribution in [3.8, 4) is 0 Å². The van der Waals surface area contributed by atoms with Gasteiger partial charge in [0.2, 0.25) is 11.8 Å². The van der Waals surface area contributed by atoms with Crippen molar-refractivity contribution in [1.82, 2.24) is 0 Å². The molecule has 2 fully saturated rings. The molecular formula is C13H11BrClNO2. The van der Waals surface area contributed by atoms with E-state index in [0.29, 0.717) is 15.2 Å². The van der Waals surface area contributed by atoms with Crippen molar-refractivity contribution in [2.24, 2.45) is 17.3 Å². The number of amides is 2. The van der Waals surface area contributed by atoms with E-state index in [1.165, 1.54) is 4.90 Å². The van der Waals surface area contributed by atoms with Gasteiger partial charge >= 0.3 is 0 Å². The molecule has 18 heavy (non-hydrogen) atoms. The Kier molecular flexibility index (Phi) is 2.42. The van der Waals surface area contributed by atoms with Gasteiger partial charge in [0.05, 0.1) is 22.5 Å². The Balaban J connectivity index is 1.98. The van der Waals surface area contributed by atoms with E-state index < -0.39 is 0 Å². The molecule has 1 saturated carbocycles. The number of piperidine rings is 1. The fourth-order valence-electron chi connectivity index (χ4n) is 2.82. The topological polar surface area (TPSA) is 37.4 Å². The lowest BCUT2D eigenvalue weighted by Gasteiger charge is -2.20. The van der Waals surface area contributed by atoms with E-state index in [-0.39, 0.29) is 29.1 Å². The summed E-state index contributed by atoms with van der Waals surface area (Å²) in [6, 6.07) is 5.08. The van der Waals surface area contributed by atoms with Gasteiger partial charge in [-0.05, 0) is 39.5 Å². The lowest BCUT2D eigenvalue weighted by atomic mass is 10.1. The summed E-state index contributed by atoms with van der Waals surface area (Å²) in [5.41, 5.74) is 0.415. The monoisotopic (exact) mass is 327 g/mol. The minimum Gasteiger partial charge on any atom is -0.274 e. The maximum atomic E-state index is 12.2. The molecule has 5 heteroatoms. The fraction of sp³-hybridized carbons (Fsp3) is 0.385. The number of nitrogens with zero attached hydrogens (tertiary/aromatic N) is 1. The van der Waals surface area contributed by atoms with Gasteiger partial charge in [-0.3, -0.25) is 9.59 Å². The third kappa shape index (κ3) is 1.42. The number of rotatable bonds is 1. The predicted molar refractivity (Wildman–Crippen MR) is 72.4 cm³/mol. The van der Waals surface area contributed by atoms with Crippen LogP contribution in [-0.4, -0.2) is 11.8 Å². The van der Waals surface area contributed by atoms with Crippen LogP contribution in [0, 0.1) is 17.3 Å². The Morgan fingerprint density at radius 3 is 2.28 bits per heavy atom. The number of hydrogen-bond donors (Lipinski definition) is 0. The standard InChI is InChI=1S/C13H11BrClNO2/c1-13(2)9-10(13)12(18)16(11(9)17)6-3-4-8(15)7(14)5-6/h3-5,9-10H,1-2H3. The third-order valence-corrected chi connectivity index (χ3v) is 5.18. The maximum Gasteiger partial charge on any atom is 0.238 e. The van der Waals surface area contributed by atoms with E-state index in [0.717, 1.165) is 0 Å². The summed E-state index contributed by atoms with van der Waals surface area (Å²) in [5, 5.41) is 0.559. The molecule has 0 radical (unpaired) electrons. The molecule has 2 unspecified atom stereocenters. The van der Waals surface area contributed by atoms with Crippen LogP contribution in [0.25, 0.3) is 0 Å².